The number of furan rings is 3. The molecule has 7 nitrogen and oxygen atoms in total. The van der Waals surface area contributed by atoms with Crippen LogP contribution in [0.25, 0.3) is 39.6 Å². The smallest absolute Gasteiger partial charge is 0.232 e. The van der Waals surface area contributed by atoms with Crippen molar-refractivity contribution in [1.29, 1.82) is 0 Å². The van der Waals surface area contributed by atoms with Crippen LogP contribution in [0.2, 0.25) is 0 Å². The van der Waals surface area contributed by atoms with Crippen LogP contribution in [0.15, 0.2) is 56.4 Å². The second kappa shape index (κ2) is 5.34. The number of rotatable bonds is 4. The maximum atomic E-state index is 6.00. The van der Waals surface area contributed by atoms with E-state index in [0.29, 0.717) is 28.6 Å². The highest BCUT2D eigenvalue weighted by Crippen LogP contribution is 2.41. The van der Waals surface area contributed by atoms with E-state index >= 15 is 0 Å². The molecular formula is C18H14N4O3. The van der Waals surface area contributed by atoms with E-state index in [1.54, 1.807) is 23.4 Å². The van der Waals surface area contributed by atoms with Gasteiger partial charge in [-0.2, -0.15) is 0 Å². The van der Waals surface area contributed by atoms with Crippen molar-refractivity contribution in [3.63, 3.8) is 0 Å². The first-order valence-electron chi connectivity index (χ1n) is 8.09. The molecule has 5 aromatic heterocycles. The molecule has 5 aromatic rings. The van der Waals surface area contributed by atoms with Crippen LogP contribution in [0.5, 0.6) is 0 Å². The summed E-state index contributed by atoms with van der Waals surface area (Å²) in [6.07, 6.45) is 6.63. The van der Waals surface area contributed by atoms with E-state index in [1.807, 2.05) is 24.3 Å². The monoisotopic (exact) mass is 334 g/mol. The summed E-state index contributed by atoms with van der Waals surface area (Å²) < 4.78 is 18.9. The van der Waals surface area contributed by atoms with Crippen LogP contribution in [0.1, 0.15) is 19.2 Å². The van der Waals surface area contributed by atoms with Crippen molar-refractivity contribution in [2.45, 2.75) is 19.8 Å². The Bertz CT molecular complexity index is 1150. The maximum Gasteiger partial charge on any atom is 0.232 e. The Hall–Kier alpha value is -3.35. The van der Waals surface area contributed by atoms with Crippen molar-refractivity contribution in [2.75, 3.05) is 0 Å². The highest BCUT2D eigenvalue weighted by molar-refractivity contribution is 6.05. The van der Waals surface area contributed by atoms with Crippen LogP contribution in [0, 0.1) is 0 Å². The topological polar surface area (TPSA) is 82.5 Å². The van der Waals surface area contributed by atoms with Gasteiger partial charge in [0.25, 0.3) is 0 Å². The summed E-state index contributed by atoms with van der Waals surface area (Å²) in [6, 6.07) is 7.37. The lowest BCUT2D eigenvalue weighted by Gasteiger charge is -1.97. The van der Waals surface area contributed by atoms with Gasteiger partial charge in [0.05, 0.1) is 23.5 Å². The minimum absolute atomic E-state index is 0.473. The van der Waals surface area contributed by atoms with Crippen LogP contribution in [0.4, 0.5) is 0 Å². The van der Waals surface area contributed by atoms with Gasteiger partial charge < -0.3 is 13.3 Å². The van der Waals surface area contributed by atoms with Crippen molar-refractivity contribution in [3.05, 3.63) is 48.9 Å². The molecule has 0 aliphatic carbocycles. The molecule has 0 fully saturated rings. The molecular weight excluding hydrogens is 320 g/mol. The number of hydrogen-bond acceptors (Lipinski definition) is 6. The number of fused-ring (bicyclic) bond motifs is 3. The van der Waals surface area contributed by atoms with E-state index in [9.17, 15) is 0 Å². The first kappa shape index (κ1) is 14.0. The second-order valence-corrected chi connectivity index (χ2v) is 5.73. The summed E-state index contributed by atoms with van der Waals surface area (Å²) >= 11 is 0. The molecule has 7 heteroatoms. The van der Waals surface area contributed by atoms with Gasteiger partial charge in [-0.25, -0.2) is 14.5 Å². The fraction of sp³-hybridized carbons (Fsp3) is 0.167. The number of nitrogens with zero attached hydrogens (tertiary/aromatic N) is 4. The molecule has 5 heterocycles. The molecule has 0 aliphatic heterocycles. The normalized spacial score (nSPS) is 11.7. The molecule has 0 saturated carbocycles. The van der Waals surface area contributed by atoms with Crippen LogP contribution in [0.3, 0.4) is 0 Å². The molecule has 0 aromatic carbocycles. The zero-order chi connectivity index (χ0) is 16.8. The quantitative estimate of drug-likeness (QED) is 0.486. The summed E-state index contributed by atoms with van der Waals surface area (Å²) in [4.78, 5) is 9.07. The highest BCUT2D eigenvalue weighted by Gasteiger charge is 2.25. The molecule has 25 heavy (non-hydrogen) atoms. The van der Waals surface area contributed by atoms with Gasteiger partial charge >= 0.3 is 0 Å². The largest absolute Gasteiger partial charge is 0.464 e. The summed E-state index contributed by atoms with van der Waals surface area (Å²) in [6.45, 7) is 2.10. The SMILES string of the molecule is CCCc1nc2c3c(-c4ccco4)c(-c4ccco4)oc3ncn2n1. The summed E-state index contributed by atoms with van der Waals surface area (Å²) in [7, 11) is 0. The lowest BCUT2D eigenvalue weighted by molar-refractivity contribution is 0.536. The first-order valence-corrected chi connectivity index (χ1v) is 8.09. The van der Waals surface area contributed by atoms with E-state index < -0.39 is 0 Å². The number of aromatic nitrogens is 4. The minimum Gasteiger partial charge on any atom is -0.464 e. The molecule has 0 spiro atoms. The lowest BCUT2D eigenvalue weighted by atomic mass is 10.1. The Balaban J connectivity index is 1.89. The van der Waals surface area contributed by atoms with Gasteiger partial charge in [-0.3, -0.25) is 0 Å². The fourth-order valence-electron chi connectivity index (χ4n) is 3.01. The van der Waals surface area contributed by atoms with Crippen LogP contribution < -0.4 is 0 Å². The van der Waals surface area contributed by atoms with Gasteiger partial charge in [-0.15, -0.1) is 5.10 Å². The van der Waals surface area contributed by atoms with Gasteiger partial charge in [0.15, 0.2) is 23.0 Å². The second-order valence-electron chi connectivity index (χ2n) is 5.73. The van der Waals surface area contributed by atoms with E-state index in [4.69, 9.17) is 13.3 Å². The highest BCUT2D eigenvalue weighted by atomic mass is 16.4. The number of hydrogen-bond donors (Lipinski definition) is 0. The van der Waals surface area contributed by atoms with Crippen molar-refractivity contribution < 1.29 is 13.3 Å². The molecule has 0 aliphatic rings. The Morgan fingerprint density at radius 1 is 1.08 bits per heavy atom. The zero-order valence-electron chi connectivity index (χ0n) is 13.5. The van der Waals surface area contributed by atoms with Gasteiger partial charge in [0.1, 0.15) is 12.1 Å². The Morgan fingerprint density at radius 2 is 1.88 bits per heavy atom. The predicted molar refractivity (Wildman–Crippen MR) is 90.0 cm³/mol. The average molecular weight is 334 g/mol. The maximum absolute atomic E-state index is 6.00. The van der Waals surface area contributed by atoms with Crippen molar-refractivity contribution >= 4 is 16.7 Å². The van der Waals surface area contributed by atoms with Crippen LogP contribution in [-0.4, -0.2) is 19.6 Å². The molecule has 0 bridgehead atoms. The first-order chi connectivity index (χ1) is 12.3. The molecule has 0 saturated heterocycles. The number of aryl methyl sites for hydroxylation is 1. The van der Waals surface area contributed by atoms with E-state index in [2.05, 4.69) is 22.0 Å². The van der Waals surface area contributed by atoms with Gasteiger partial charge in [-0.05, 0) is 30.7 Å². The third-order valence-electron chi connectivity index (χ3n) is 4.06. The van der Waals surface area contributed by atoms with E-state index in [-0.39, 0.29) is 0 Å². The third kappa shape index (κ3) is 2.09. The Kier molecular flexibility index (Phi) is 3.00. The lowest BCUT2D eigenvalue weighted by Crippen LogP contribution is -1.91. The fourth-order valence-corrected chi connectivity index (χ4v) is 3.01. The zero-order valence-corrected chi connectivity index (χ0v) is 13.5. The van der Waals surface area contributed by atoms with Gasteiger partial charge in [0.2, 0.25) is 5.71 Å². The van der Waals surface area contributed by atoms with Crippen molar-refractivity contribution in [2.24, 2.45) is 0 Å². The third-order valence-corrected chi connectivity index (χ3v) is 4.06. The summed E-state index contributed by atoms with van der Waals surface area (Å²) in [5, 5.41) is 5.26. The van der Waals surface area contributed by atoms with Crippen molar-refractivity contribution in [3.8, 4) is 22.8 Å². The van der Waals surface area contributed by atoms with Crippen molar-refractivity contribution in [1.82, 2.24) is 19.6 Å². The molecule has 5 rings (SSSR count). The molecule has 0 unspecified atom stereocenters. The average Bonchev–Trinajstić information content (AvgIpc) is 3.37. The van der Waals surface area contributed by atoms with Crippen LogP contribution >= 0.6 is 0 Å². The standard InChI is InChI=1S/C18H14N4O3/c1-2-5-13-20-17-15-14(11-6-3-8-23-11)16(12-7-4-9-24-12)25-18(15)19-10-22(17)21-13/h3-4,6-10H,2,5H2,1H3. The molecule has 0 amide bonds. The van der Waals surface area contributed by atoms with Gasteiger partial charge in [0, 0.05) is 6.42 Å². The van der Waals surface area contributed by atoms with E-state index in [0.717, 1.165) is 29.6 Å². The van der Waals surface area contributed by atoms with Gasteiger partial charge in [-0.1, -0.05) is 6.92 Å². The summed E-state index contributed by atoms with van der Waals surface area (Å²) in [5.41, 5.74) is 1.94. The molecule has 0 atom stereocenters. The Morgan fingerprint density at radius 3 is 2.60 bits per heavy atom. The molecule has 124 valence electrons. The van der Waals surface area contributed by atoms with E-state index in [1.165, 1.54) is 0 Å². The minimum atomic E-state index is 0.473. The Labute approximate surface area is 141 Å². The molecule has 0 N–H and O–H groups in total. The predicted octanol–water partition coefficient (Wildman–Crippen LogP) is 4.34. The van der Waals surface area contributed by atoms with Crippen LogP contribution in [-0.2, 0) is 6.42 Å². The molecule has 0 radical (unpaired) electrons. The summed E-state index contributed by atoms with van der Waals surface area (Å²) in [5.74, 6) is 2.62.